The van der Waals surface area contributed by atoms with E-state index in [1.165, 1.54) is 12.1 Å². The molecule has 0 spiro atoms. The number of benzene rings is 1. The van der Waals surface area contributed by atoms with Gasteiger partial charge in [0.1, 0.15) is 5.82 Å². The minimum Gasteiger partial charge on any atom is -0.356 e. The normalized spacial score (nSPS) is 25.2. The summed E-state index contributed by atoms with van der Waals surface area (Å²) < 4.78 is 12.8. The molecule has 1 aliphatic heterocycles. The van der Waals surface area contributed by atoms with Gasteiger partial charge in [-0.05, 0) is 36.0 Å². The minimum atomic E-state index is -0.203. The Balaban J connectivity index is 2.03. The highest BCUT2D eigenvalue weighted by atomic mass is 19.1. The largest absolute Gasteiger partial charge is 0.356 e. The molecule has 16 heavy (non-hydrogen) atoms. The summed E-state index contributed by atoms with van der Waals surface area (Å²) in [5.41, 5.74) is 1.23. The molecule has 0 bridgehead atoms. The third kappa shape index (κ3) is 2.60. The first kappa shape index (κ1) is 11.1. The van der Waals surface area contributed by atoms with Gasteiger partial charge in [0.05, 0.1) is 0 Å². The highest BCUT2D eigenvalue weighted by Crippen LogP contribution is 2.30. The van der Waals surface area contributed by atoms with Crippen LogP contribution >= 0.6 is 0 Å². The van der Waals surface area contributed by atoms with Crippen LogP contribution in [0.3, 0.4) is 0 Å². The SMILES string of the molecule is CC1(Cc2ccc(F)cc2)CCC(=O)NC1. The highest BCUT2D eigenvalue weighted by molar-refractivity contribution is 5.76. The van der Waals surface area contributed by atoms with E-state index in [1.54, 1.807) is 0 Å². The molecule has 86 valence electrons. The summed E-state index contributed by atoms with van der Waals surface area (Å²) >= 11 is 0. The molecule has 1 aliphatic rings. The van der Waals surface area contributed by atoms with Crippen molar-refractivity contribution in [3.05, 3.63) is 35.6 Å². The third-order valence-corrected chi connectivity index (χ3v) is 3.21. The second-order valence-corrected chi connectivity index (χ2v) is 4.89. The van der Waals surface area contributed by atoms with Gasteiger partial charge >= 0.3 is 0 Å². The van der Waals surface area contributed by atoms with Crippen LogP contribution < -0.4 is 5.32 Å². The minimum absolute atomic E-state index is 0.103. The van der Waals surface area contributed by atoms with E-state index < -0.39 is 0 Å². The smallest absolute Gasteiger partial charge is 0.220 e. The Labute approximate surface area is 94.9 Å². The van der Waals surface area contributed by atoms with Crippen molar-refractivity contribution >= 4 is 5.91 Å². The van der Waals surface area contributed by atoms with Gasteiger partial charge in [-0.25, -0.2) is 4.39 Å². The molecular formula is C13H16FNO. The molecule has 0 radical (unpaired) electrons. The van der Waals surface area contributed by atoms with Crippen LogP contribution in [0.1, 0.15) is 25.3 Å². The fourth-order valence-corrected chi connectivity index (χ4v) is 2.15. The van der Waals surface area contributed by atoms with Crippen LogP contribution in [0.2, 0.25) is 0 Å². The molecule has 1 aromatic carbocycles. The van der Waals surface area contributed by atoms with Gasteiger partial charge in [0.2, 0.25) is 5.91 Å². The van der Waals surface area contributed by atoms with Gasteiger partial charge in [-0.2, -0.15) is 0 Å². The Morgan fingerprint density at radius 2 is 2.06 bits per heavy atom. The summed E-state index contributed by atoms with van der Waals surface area (Å²) in [5.74, 6) is -0.0672. The molecule has 1 N–H and O–H groups in total. The summed E-state index contributed by atoms with van der Waals surface area (Å²) in [7, 11) is 0. The van der Waals surface area contributed by atoms with E-state index in [2.05, 4.69) is 12.2 Å². The molecule has 1 heterocycles. The van der Waals surface area contributed by atoms with E-state index in [0.717, 1.165) is 18.4 Å². The molecule has 3 heteroatoms. The molecule has 1 atom stereocenters. The van der Waals surface area contributed by atoms with Gasteiger partial charge in [0.15, 0.2) is 0 Å². The van der Waals surface area contributed by atoms with Crippen LogP contribution in [0.25, 0.3) is 0 Å². The molecule has 1 amide bonds. The summed E-state index contributed by atoms with van der Waals surface area (Å²) in [6.45, 7) is 2.87. The lowest BCUT2D eigenvalue weighted by Gasteiger charge is -2.33. The lowest BCUT2D eigenvalue weighted by Crippen LogP contribution is -2.42. The summed E-state index contributed by atoms with van der Waals surface area (Å²) in [4.78, 5) is 11.1. The monoisotopic (exact) mass is 221 g/mol. The van der Waals surface area contributed by atoms with Gasteiger partial charge in [0.25, 0.3) is 0 Å². The molecule has 1 saturated heterocycles. The Morgan fingerprint density at radius 1 is 1.38 bits per heavy atom. The van der Waals surface area contributed by atoms with E-state index in [9.17, 15) is 9.18 Å². The van der Waals surface area contributed by atoms with Crippen molar-refractivity contribution in [3.63, 3.8) is 0 Å². The van der Waals surface area contributed by atoms with E-state index in [4.69, 9.17) is 0 Å². The van der Waals surface area contributed by atoms with Gasteiger partial charge in [0, 0.05) is 13.0 Å². The molecule has 1 fully saturated rings. The first-order valence-corrected chi connectivity index (χ1v) is 5.59. The summed E-state index contributed by atoms with van der Waals surface area (Å²) in [6, 6.07) is 6.61. The molecular weight excluding hydrogens is 205 g/mol. The number of carbonyl (C=O) groups is 1. The Bertz CT molecular complexity index is 375. The number of hydrogen-bond acceptors (Lipinski definition) is 1. The number of hydrogen-bond donors (Lipinski definition) is 1. The van der Waals surface area contributed by atoms with Gasteiger partial charge in [-0.1, -0.05) is 19.1 Å². The Morgan fingerprint density at radius 3 is 2.62 bits per heavy atom. The van der Waals surface area contributed by atoms with Crippen LogP contribution in [-0.4, -0.2) is 12.5 Å². The number of piperidine rings is 1. The van der Waals surface area contributed by atoms with Crippen molar-refractivity contribution < 1.29 is 9.18 Å². The summed E-state index contributed by atoms with van der Waals surface area (Å²) in [6.07, 6.45) is 2.38. The average Bonchev–Trinajstić information content (AvgIpc) is 2.27. The zero-order valence-corrected chi connectivity index (χ0v) is 9.42. The maximum Gasteiger partial charge on any atom is 0.220 e. The Hall–Kier alpha value is -1.38. The highest BCUT2D eigenvalue weighted by Gasteiger charge is 2.29. The number of nitrogens with one attached hydrogen (secondary N) is 1. The van der Waals surface area contributed by atoms with E-state index in [0.29, 0.717) is 13.0 Å². The third-order valence-electron chi connectivity index (χ3n) is 3.21. The lowest BCUT2D eigenvalue weighted by molar-refractivity contribution is -0.124. The molecule has 2 rings (SSSR count). The second kappa shape index (κ2) is 4.24. The number of carbonyl (C=O) groups excluding carboxylic acids is 1. The zero-order valence-electron chi connectivity index (χ0n) is 9.42. The number of halogens is 1. The topological polar surface area (TPSA) is 29.1 Å². The second-order valence-electron chi connectivity index (χ2n) is 4.89. The van der Waals surface area contributed by atoms with Crippen LogP contribution in [0.15, 0.2) is 24.3 Å². The van der Waals surface area contributed by atoms with Crippen LogP contribution in [0, 0.1) is 11.2 Å². The molecule has 0 aromatic heterocycles. The standard InChI is InChI=1S/C13H16FNO/c1-13(7-6-12(16)15-9-13)8-10-2-4-11(14)5-3-10/h2-5H,6-9H2,1H3,(H,15,16). The zero-order chi connectivity index (χ0) is 11.6. The van der Waals surface area contributed by atoms with Gasteiger partial charge in [-0.3, -0.25) is 4.79 Å². The van der Waals surface area contributed by atoms with E-state index in [-0.39, 0.29) is 17.1 Å². The molecule has 0 saturated carbocycles. The predicted molar refractivity (Wildman–Crippen MR) is 60.5 cm³/mol. The van der Waals surface area contributed by atoms with Gasteiger partial charge < -0.3 is 5.32 Å². The molecule has 2 nitrogen and oxygen atoms in total. The average molecular weight is 221 g/mol. The van der Waals surface area contributed by atoms with Gasteiger partial charge in [-0.15, -0.1) is 0 Å². The Kier molecular flexibility index (Phi) is 2.95. The van der Waals surface area contributed by atoms with Crippen molar-refractivity contribution in [1.82, 2.24) is 5.32 Å². The van der Waals surface area contributed by atoms with Crippen molar-refractivity contribution in [2.24, 2.45) is 5.41 Å². The van der Waals surface area contributed by atoms with E-state index in [1.807, 2.05) is 12.1 Å². The quantitative estimate of drug-likeness (QED) is 0.815. The van der Waals surface area contributed by atoms with Crippen molar-refractivity contribution in [1.29, 1.82) is 0 Å². The van der Waals surface area contributed by atoms with E-state index >= 15 is 0 Å². The van der Waals surface area contributed by atoms with Crippen molar-refractivity contribution in [2.45, 2.75) is 26.2 Å². The number of amides is 1. The molecule has 1 aromatic rings. The molecule has 0 aliphatic carbocycles. The van der Waals surface area contributed by atoms with Crippen LogP contribution in [-0.2, 0) is 11.2 Å². The van der Waals surface area contributed by atoms with Crippen LogP contribution in [0.4, 0.5) is 4.39 Å². The maximum absolute atomic E-state index is 12.8. The lowest BCUT2D eigenvalue weighted by atomic mass is 9.77. The van der Waals surface area contributed by atoms with Crippen molar-refractivity contribution in [2.75, 3.05) is 6.54 Å². The number of rotatable bonds is 2. The summed E-state index contributed by atoms with van der Waals surface area (Å²) in [5, 5.41) is 2.89. The van der Waals surface area contributed by atoms with Crippen molar-refractivity contribution in [3.8, 4) is 0 Å². The first-order chi connectivity index (χ1) is 7.57. The maximum atomic E-state index is 12.8. The molecule has 1 unspecified atom stereocenters. The fourth-order valence-electron chi connectivity index (χ4n) is 2.15. The van der Waals surface area contributed by atoms with Crippen LogP contribution in [0.5, 0.6) is 0 Å². The first-order valence-electron chi connectivity index (χ1n) is 5.59. The fraction of sp³-hybridized carbons (Fsp3) is 0.462. The predicted octanol–water partition coefficient (Wildman–Crippen LogP) is 2.28.